The summed E-state index contributed by atoms with van der Waals surface area (Å²) < 4.78 is 28.1. The molecular formula is C24H30N2O3S. The molecule has 5 nitrogen and oxygen atoms in total. The number of carbonyl (C=O) groups excluding carboxylic acids is 1. The van der Waals surface area contributed by atoms with E-state index in [1.807, 2.05) is 19.1 Å². The first-order valence-corrected chi connectivity index (χ1v) is 12.3. The lowest BCUT2D eigenvalue weighted by Crippen LogP contribution is -2.46. The van der Waals surface area contributed by atoms with Gasteiger partial charge < -0.3 is 5.32 Å². The van der Waals surface area contributed by atoms with Crippen LogP contribution in [0.5, 0.6) is 0 Å². The number of nitrogens with zero attached hydrogens (tertiary/aromatic N) is 1. The zero-order valence-electron chi connectivity index (χ0n) is 17.7. The van der Waals surface area contributed by atoms with Crippen molar-refractivity contribution in [2.75, 3.05) is 10.8 Å². The maximum atomic E-state index is 13.4. The Hall–Kier alpha value is -2.34. The van der Waals surface area contributed by atoms with Crippen molar-refractivity contribution in [3.63, 3.8) is 0 Å². The maximum absolute atomic E-state index is 13.4. The third kappa shape index (κ3) is 4.24. The second-order valence-electron chi connectivity index (χ2n) is 8.69. The van der Waals surface area contributed by atoms with Crippen molar-refractivity contribution in [3.8, 4) is 0 Å². The average molecular weight is 427 g/mol. The van der Waals surface area contributed by atoms with Gasteiger partial charge in [-0.05, 0) is 74.3 Å². The number of rotatable bonds is 7. The smallest absolute Gasteiger partial charge is 0.264 e. The van der Waals surface area contributed by atoms with Gasteiger partial charge in [-0.2, -0.15) is 0 Å². The van der Waals surface area contributed by atoms with Crippen LogP contribution in [-0.2, 0) is 21.2 Å². The number of anilines is 1. The van der Waals surface area contributed by atoms with Crippen molar-refractivity contribution in [2.24, 2.45) is 11.8 Å². The molecule has 2 aliphatic carbocycles. The van der Waals surface area contributed by atoms with E-state index in [0.717, 1.165) is 24.0 Å². The summed E-state index contributed by atoms with van der Waals surface area (Å²) in [5.74, 6) is 1.03. The third-order valence-corrected chi connectivity index (χ3v) is 8.40. The number of sulfonamides is 1. The Morgan fingerprint density at radius 1 is 1.03 bits per heavy atom. The SMILES string of the molecule is CCc1ccc(N(CC(=O)NC2CC3CCC2C3)S(=O)(=O)c2ccc(C)cc2)cc1. The van der Waals surface area contributed by atoms with Gasteiger partial charge in [-0.25, -0.2) is 8.42 Å². The summed E-state index contributed by atoms with van der Waals surface area (Å²) in [7, 11) is -3.86. The topological polar surface area (TPSA) is 66.5 Å². The standard InChI is InChI=1S/C24H30N2O3S/c1-3-18-7-10-21(11-8-18)26(30(28,29)22-12-4-17(2)5-13-22)16-24(27)25-23-15-19-6-9-20(23)14-19/h4-5,7-8,10-13,19-20,23H,3,6,9,14-16H2,1-2H3,(H,25,27). The van der Waals surface area contributed by atoms with Crippen LogP contribution in [0.4, 0.5) is 5.69 Å². The largest absolute Gasteiger partial charge is 0.352 e. The van der Waals surface area contributed by atoms with E-state index < -0.39 is 10.0 Å². The van der Waals surface area contributed by atoms with E-state index >= 15 is 0 Å². The predicted molar refractivity (Wildman–Crippen MR) is 119 cm³/mol. The molecule has 4 rings (SSSR count). The minimum Gasteiger partial charge on any atom is -0.352 e. The first kappa shape index (κ1) is 20.9. The summed E-state index contributed by atoms with van der Waals surface area (Å²) in [6.07, 6.45) is 5.51. The fourth-order valence-corrected chi connectivity index (χ4v) is 6.28. The van der Waals surface area contributed by atoms with Gasteiger partial charge in [-0.15, -0.1) is 0 Å². The van der Waals surface area contributed by atoms with Crippen molar-refractivity contribution >= 4 is 21.6 Å². The highest BCUT2D eigenvalue weighted by atomic mass is 32.2. The van der Waals surface area contributed by atoms with Crippen LogP contribution in [0.1, 0.15) is 43.7 Å². The highest BCUT2D eigenvalue weighted by Gasteiger charge is 2.40. The molecule has 2 bridgehead atoms. The van der Waals surface area contributed by atoms with Gasteiger partial charge in [0.2, 0.25) is 5.91 Å². The molecule has 0 aliphatic heterocycles. The quantitative estimate of drug-likeness (QED) is 0.726. The molecule has 2 aromatic rings. The Bertz CT molecular complexity index is 1000. The van der Waals surface area contributed by atoms with Crippen LogP contribution in [-0.4, -0.2) is 26.9 Å². The summed E-state index contributed by atoms with van der Waals surface area (Å²) >= 11 is 0. The summed E-state index contributed by atoms with van der Waals surface area (Å²) in [5.41, 5.74) is 2.62. The van der Waals surface area contributed by atoms with Crippen molar-refractivity contribution in [3.05, 3.63) is 59.7 Å². The maximum Gasteiger partial charge on any atom is 0.264 e. The highest BCUT2D eigenvalue weighted by Crippen LogP contribution is 2.44. The predicted octanol–water partition coefficient (Wildman–Crippen LogP) is 4.06. The molecule has 2 fully saturated rings. The zero-order valence-corrected chi connectivity index (χ0v) is 18.5. The van der Waals surface area contributed by atoms with E-state index in [2.05, 4.69) is 12.2 Å². The number of aryl methyl sites for hydroxylation is 2. The third-order valence-electron chi connectivity index (χ3n) is 6.61. The average Bonchev–Trinajstić information content (AvgIpc) is 3.35. The molecule has 6 heteroatoms. The Morgan fingerprint density at radius 2 is 1.73 bits per heavy atom. The van der Waals surface area contributed by atoms with E-state index in [-0.39, 0.29) is 23.4 Å². The lowest BCUT2D eigenvalue weighted by molar-refractivity contribution is -0.120. The molecule has 0 spiro atoms. The Kier molecular flexibility index (Phi) is 5.87. The highest BCUT2D eigenvalue weighted by molar-refractivity contribution is 7.92. The van der Waals surface area contributed by atoms with Gasteiger partial charge in [-0.1, -0.05) is 43.2 Å². The normalized spacial score (nSPS) is 22.8. The van der Waals surface area contributed by atoms with Crippen LogP contribution in [0.15, 0.2) is 53.4 Å². The van der Waals surface area contributed by atoms with Crippen LogP contribution in [0.25, 0.3) is 0 Å². The molecule has 30 heavy (non-hydrogen) atoms. The molecule has 3 unspecified atom stereocenters. The molecular weight excluding hydrogens is 396 g/mol. The minimum absolute atomic E-state index is 0.183. The first-order valence-electron chi connectivity index (χ1n) is 10.8. The van der Waals surface area contributed by atoms with Crippen LogP contribution in [0.3, 0.4) is 0 Å². The zero-order chi connectivity index (χ0) is 21.3. The monoisotopic (exact) mass is 426 g/mol. The molecule has 1 N–H and O–H groups in total. The molecule has 160 valence electrons. The number of hydrogen-bond acceptors (Lipinski definition) is 3. The Labute approximate surface area is 179 Å². The van der Waals surface area contributed by atoms with Crippen LogP contribution in [0.2, 0.25) is 0 Å². The molecule has 0 saturated heterocycles. The fraction of sp³-hybridized carbons (Fsp3) is 0.458. The van der Waals surface area contributed by atoms with E-state index in [9.17, 15) is 13.2 Å². The van der Waals surface area contributed by atoms with Gasteiger partial charge >= 0.3 is 0 Å². The van der Waals surface area contributed by atoms with Gasteiger partial charge in [0.05, 0.1) is 10.6 Å². The lowest BCUT2D eigenvalue weighted by atomic mass is 9.95. The molecule has 0 radical (unpaired) electrons. The van der Waals surface area contributed by atoms with Gasteiger partial charge in [0, 0.05) is 6.04 Å². The van der Waals surface area contributed by atoms with E-state index in [0.29, 0.717) is 17.5 Å². The minimum atomic E-state index is -3.86. The molecule has 0 aromatic heterocycles. The second-order valence-corrected chi connectivity index (χ2v) is 10.6. The second kappa shape index (κ2) is 8.42. The molecule has 2 saturated carbocycles. The van der Waals surface area contributed by atoms with Crippen molar-refractivity contribution in [1.29, 1.82) is 0 Å². The van der Waals surface area contributed by atoms with Crippen molar-refractivity contribution in [2.45, 2.75) is 56.9 Å². The van der Waals surface area contributed by atoms with E-state index in [4.69, 9.17) is 0 Å². The molecule has 3 atom stereocenters. The Morgan fingerprint density at radius 3 is 2.30 bits per heavy atom. The molecule has 2 aliphatic rings. The number of amides is 1. The summed E-state index contributed by atoms with van der Waals surface area (Å²) in [5, 5.41) is 3.12. The summed E-state index contributed by atoms with van der Waals surface area (Å²) in [6, 6.07) is 14.4. The number of nitrogens with one attached hydrogen (secondary N) is 1. The number of hydrogen-bond donors (Lipinski definition) is 1. The molecule has 2 aromatic carbocycles. The molecule has 0 heterocycles. The number of benzene rings is 2. The van der Waals surface area contributed by atoms with Gasteiger partial charge in [0.1, 0.15) is 6.54 Å². The fourth-order valence-electron chi connectivity index (χ4n) is 4.85. The number of carbonyl (C=O) groups is 1. The summed E-state index contributed by atoms with van der Waals surface area (Å²) in [4.78, 5) is 13.1. The van der Waals surface area contributed by atoms with Crippen LogP contribution in [0, 0.1) is 18.8 Å². The van der Waals surface area contributed by atoms with Gasteiger partial charge in [-0.3, -0.25) is 9.10 Å². The summed E-state index contributed by atoms with van der Waals surface area (Å²) in [6.45, 7) is 3.76. The Balaban J connectivity index is 1.59. The number of fused-ring (bicyclic) bond motifs is 2. The van der Waals surface area contributed by atoms with Gasteiger partial charge in [0.15, 0.2) is 0 Å². The van der Waals surface area contributed by atoms with Gasteiger partial charge in [0.25, 0.3) is 10.0 Å². The van der Waals surface area contributed by atoms with Crippen LogP contribution >= 0.6 is 0 Å². The molecule has 1 amide bonds. The lowest BCUT2D eigenvalue weighted by Gasteiger charge is -2.27. The first-order chi connectivity index (χ1) is 14.4. The van der Waals surface area contributed by atoms with Crippen LogP contribution < -0.4 is 9.62 Å². The van der Waals surface area contributed by atoms with E-state index in [1.54, 1.807) is 36.4 Å². The van der Waals surface area contributed by atoms with Crippen molar-refractivity contribution < 1.29 is 13.2 Å². The van der Waals surface area contributed by atoms with Crippen molar-refractivity contribution in [1.82, 2.24) is 5.32 Å². The van der Waals surface area contributed by atoms with E-state index in [1.165, 1.54) is 23.6 Å².